The van der Waals surface area contributed by atoms with Crippen molar-refractivity contribution in [1.82, 2.24) is 15.1 Å². The molecule has 4 nitrogen and oxygen atoms in total. The van der Waals surface area contributed by atoms with Crippen molar-refractivity contribution in [3.63, 3.8) is 0 Å². The van der Waals surface area contributed by atoms with Crippen LogP contribution in [0.25, 0.3) is 0 Å². The molecule has 3 fully saturated rings. The van der Waals surface area contributed by atoms with Gasteiger partial charge in [0.2, 0.25) is 0 Å². The predicted octanol–water partition coefficient (Wildman–Crippen LogP) is 1.81. The van der Waals surface area contributed by atoms with Crippen molar-refractivity contribution in [1.29, 1.82) is 0 Å². The van der Waals surface area contributed by atoms with E-state index in [0.29, 0.717) is 18.2 Å². The smallest absolute Gasteiger partial charge is 0.0577 e. The Hall–Kier alpha value is -0.160. The lowest BCUT2D eigenvalue weighted by Crippen LogP contribution is -2.59. The van der Waals surface area contributed by atoms with Crippen LogP contribution in [0.2, 0.25) is 0 Å². The fourth-order valence-electron chi connectivity index (χ4n) is 4.72. The number of ether oxygens (including phenoxy) is 1. The van der Waals surface area contributed by atoms with Crippen molar-refractivity contribution >= 4 is 0 Å². The molecule has 0 bridgehead atoms. The van der Waals surface area contributed by atoms with Gasteiger partial charge in [-0.3, -0.25) is 9.80 Å². The normalized spacial score (nSPS) is 38.9. The van der Waals surface area contributed by atoms with Gasteiger partial charge < -0.3 is 10.1 Å². The van der Waals surface area contributed by atoms with Crippen LogP contribution < -0.4 is 5.32 Å². The van der Waals surface area contributed by atoms with Gasteiger partial charge in [0.1, 0.15) is 0 Å². The Kier molecular flexibility index (Phi) is 5.77. The molecule has 0 spiro atoms. The summed E-state index contributed by atoms with van der Waals surface area (Å²) in [6, 6.07) is 1.40. The van der Waals surface area contributed by atoms with E-state index in [1.807, 2.05) is 7.11 Å². The molecule has 1 N–H and O–H groups in total. The average molecular weight is 309 g/mol. The average Bonchev–Trinajstić information content (AvgIpc) is 2.45. The van der Waals surface area contributed by atoms with E-state index in [4.69, 9.17) is 4.74 Å². The molecule has 0 aromatic carbocycles. The first-order chi connectivity index (χ1) is 10.7. The lowest BCUT2D eigenvalue weighted by Gasteiger charge is -2.48. The molecular weight excluding hydrogens is 274 g/mol. The molecule has 1 aliphatic carbocycles. The Morgan fingerprint density at radius 2 is 1.59 bits per heavy atom. The monoisotopic (exact) mass is 309 g/mol. The molecule has 3 rings (SSSR count). The third-order valence-corrected chi connectivity index (χ3v) is 6.15. The van der Waals surface area contributed by atoms with E-state index >= 15 is 0 Å². The molecule has 4 heteroatoms. The number of hydrogen-bond donors (Lipinski definition) is 1. The van der Waals surface area contributed by atoms with E-state index in [1.165, 1.54) is 65.0 Å². The summed E-state index contributed by atoms with van der Waals surface area (Å²) in [7, 11) is 1.85. The molecule has 0 aromatic rings. The van der Waals surface area contributed by atoms with Crippen LogP contribution >= 0.6 is 0 Å². The van der Waals surface area contributed by atoms with Crippen LogP contribution in [0.3, 0.4) is 0 Å². The van der Waals surface area contributed by atoms with Crippen LogP contribution in [0.15, 0.2) is 0 Å². The van der Waals surface area contributed by atoms with Gasteiger partial charge in [-0.1, -0.05) is 0 Å². The topological polar surface area (TPSA) is 27.7 Å². The van der Waals surface area contributed by atoms with Gasteiger partial charge in [-0.25, -0.2) is 0 Å². The predicted molar refractivity (Wildman–Crippen MR) is 91.2 cm³/mol. The molecule has 2 heterocycles. The third-order valence-electron chi connectivity index (χ3n) is 6.15. The molecule has 3 aliphatic rings. The zero-order valence-corrected chi connectivity index (χ0v) is 14.8. The van der Waals surface area contributed by atoms with Gasteiger partial charge >= 0.3 is 0 Å². The second kappa shape index (κ2) is 7.61. The molecule has 0 amide bonds. The Labute approximate surface area is 136 Å². The summed E-state index contributed by atoms with van der Waals surface area (Å²) in [5, 5.41) is 3.48. The van der Waals surface area contributed by atoms with Crippen LogP contribution in [0.5, 0.6) is 0 Å². The van der Waals surface area contributed by atoms with Crippen LogP contribution in [0.4, 0.5) is 0 Å². The zero-order valence-electron chi connectivity index (χ0n) is 14.8. The fourth-order valence-corrected chi connectivity index (χ4v) is 4.72. The van der Waals surface area contributed by atoms with Crippen molar-refractivity contribution in [2.45, 2.75) is 57.7 Å². The second-order valence-corrected chi connectivity index (χ2v) is 8.00. The van der Waals surface area contributed by atoms with Crippen molar-refractivity contribution in [3.05, 3.63) is 0 Å². The molecular formula is C18H35N3O. The van der Waals surface area contributed by atoms with Gasteiger partial charge in [-0.2, -0.15) is 0 Å². The summed E-state index contributed by atoms with van der Waals surface area (Å²) in [5.74, 6) is 1.78. The van der Waals surface area contributed by atoms with Gasteiger partial charge in [0.25, 0.3) is 0 Å². The van der Waals surface area contributed by atoms with Gasteiger partial charge in [0, 0.05) is 45.4 Å². The molecule has 0 aromatic heterocycles. The van der Waals surface area contributed by atoms with Crippen molar-refractivity contribution in [2.75, 3.05) is 46.4 Å². The largest absolute Gasteiger partial charge is 0.381 e. The standard InChI is InChI=1S/C18H35N3O/c1-14-10-20(12-16-4-6-19-7-5-16)11-15(2)21(14)13-17-8-18(9-17)22-3/h14-19H,4-13H2,1-3H3. The molecule has 2 atom stereocenters. The fraction of sp³-hybridized carbons (Fsp3) is 1.00. The Morgan fingerprint density at radius 3 is 2.18 bits per heavy atom. The van der Waals surface area contributed by atoms with Gasteiger partial charge in [0.15, 0.2) is 0 Å². The Morgan fingerprint density at radius 1 is 0.955 bits per heavy atom. The number of methoxy groups -OCH3 is 1. The van der Waals surface area contributed by atoms with E-state index in [2.05, 4.69) is 29.0 Å². The second-order valence-electron chi connectivity index (χ2n) is 8.00. The summed E-state index contributed by atoms with van der Waals surface area (Å²) in [4.78, 5) is 5.50. The van der Waals surface area contributed by atoms with Crippen LogP contribution in [-0.4, -0.2) is 74.4 Å². The number of nitrogens with zero attached hydrogens (tertiary/aromatic N) is 2. The minimum absolute atomic E-state index is 0.539. The first-order valence-corrected chi connectivity index (χ1v) is 9.37. The van der Waals surface area contributed by atoms with Crippen LogP contribution in [-0.2, 0) is 4.74 Å². The molecule has 22 heavy (non-hydrogen) atoms. The highest BCUT2D eigenvalue weighted by atomic mass is 16.5. The van der Waals surface area contributed by atoms with Crippen LogP contribution in [0, 0.1) is 11.8 Å². The van der Waals surface area contributed by atoms with E-state index in [-0.39, 0.29) is 0 Å². The lowest BCUT2D eigenvalue weighted by molar-refractivity contribution is -0.0385. The molecule has 2 unspecified atom stereocenters. The Balaban J connectivity index is 1.44. The summed E-state index contributed by atoms with van der Waals surface area (Å²) in [6.07, 6.45) is 5.81. The molecule has 2 saturated heterocycles. The maximum Gasteiger partial charge on any atom is 0.0577 e. The molecule has 1 saturated carbocycles. The van der Waals surface area contributed by atoms with Crippen LogP contribution in [0.1, 0.15) is 39.5 Å². The minimum Gasteiger partial charge on any atom is -0.381 e. The van der Waals surface area contributed by atoms with Crippen molar-refractivity contribution < 1.29 is 4.74 Å². The van der Waals surface area contributed by atoms with E-state index in [1.54, 1.807) is 0 Å². The quantitative estimate of drug-likeness (QED) is 0.838. The number of piperazine rings is 1. The first kappa shape index (κ1) is 16.7. The Bertz CT molecular complexity index is 327. The van der Waals surface area contributed by atoms with E-state index < -0.39 is 0 Å². The minimum atomic E-state index is 0.539. The van der Waals surface area contributed by atoms with E-state index in [0.717, 1.165) is 11.8 Å². The van der Waals surface area contributed by atoms with Gasteiger partial charge in [0.05, 0.1) is 6.10 Å². The highest BCUT2D eigenvalue weighted by Crippen LogP contribution is 2.32. The van der Waals surface area contributed by atoms with Gasteiger partial charge in [-0.15, -0.1) is 0 Å². The first-order valence-electron chi connectivity index (χ1n) is 9.37. The number of nitrogens with one attached hydrogen (secondary N) is 1. The maximum atomic E-state index is 5.43. The molecule has 2 aliphatic heterocycles. The number of rotatable bonds is 5. The molecule has 128 valence electrons. The van der Waals surface area contributed by atoms with Crippen molar-refractivity contribution in [3.8, 4) is 0 Å². The summed E-state index contributed by atoms with van der Waals surface area (Å²) >= 11 is 0. The van der Waals surface area contributed by atoms with Gasteiger partial charge in [-0.05, 0) is 64.5 Å². The van der Waals surface area contributed by atoms with Crippen molar-refractivity contribution in [2.24, 2.45) is 11.8 Å². The molecule has 0 radical (unpaired) electrons. The summed E-state index contributed by atoms with van der Waals surface area (Å²) in [5.41, 5.74) is 0. The highest BCUT2D eigenvalue weighted by molar-refractivity contribution is 4.90. The van der Waals surface area contributed by atoms with E-state index in [9.17, 15) is 0 Å². The summed E-state index contributed by atoms with van der Waals surface area (Å²) in [6.45, 7) is 12.4. The highest BCUT2D eigenvalue weighted by Gasteiger charge is 2.36. The lowest BCUT2D eigenvalue weighted by atomic mass is 9.81. The number of hydrogen-bond acceptors (Lipinski definition) is 4. The zero-order chi connectivity index (χ0) is 15.5. The number of piperidine rings is 1. The third kappa shape index (κ3) is 4.02. The SMILES string of the molecule is COC1CC(CN2C(C)CN(CC3CCNCC3)CC2C)C1. The summed E-state index contributed by atoms with van der Waals surface area (Å²) < 4.78 is 5.43. The maximum absolute atomic E-state index is 5.43.